The van der Waals surface area contributed by atoms with Gasteiger partial charge in [0.1, 0.15) is 11.3 Å². The van der Waals surface area contributed by atoms with Crippen molar-refractivity contribution in [3.63, 3.8) is 0 Å². The zero-order chi connectivity index (χ0) is 27.6. The summed E-state index contributed by atoms with van der Waals surface area (Å²) >= 11 is 0. The number of fused-ring (bicyclic) bond motifs is 1. The van der Waals surface area contributed by atoms with Gasteiger partial charge in [0.2, 0.25) is 0 Å². The molecule has 0 spiro atoms. The van der Waals surface area contributed by atoms with Crippen LogP contribution in [0.2, 0.25) is 0 Å². The minimum atomic E-state index is -4.16. The van der Waals surface area contributed by atoms with Crippen molar-refractivity contribution in [2.45, 2.75) is 65.2 Å². The van der Waals surface area contributed by atoms with Gasteiger partial charge in [-0.05, 0) is 55.9 Å². The largest absolute Gasteiger partial charge is 0.391 e. The molecule has 7 nitrogen and oxygen atoms in total. The average molecular weight is 527 g/mol. The number of H-pyrrole nitrogens is 1. The van der Waals surface area contributed by atoms with E-state index in [4.69, 9.17) is 4.98 Å². The van der Waals surface area contributed by atoms with Crippen molar-refractivity contribution in [1.82, 2.24) is 24.5 Å². The highest BCUT2D eigenvalue weighted by Crippen LogP contribution is 2.32. The number of nitrogens with one attached hydrogen (secondary N) is 1. The van der Waals surface area contributed by atoms with E-state index in [1.807, 2.05) is 55.3 Å². The molecule has 3 aromatic heterocycles. The van der Waals surface area contributed by atoms with Gasteiger partial charge in [0, 0.05) is 19.3 Å². The lowest BCUT2D eigenvalue weighted by Crippen LogP contribution is -2.27. The van der Waals surface area contributed by atoms with Crippen molar-refractivity contribution in [3.8, 4) is 11.4 Å². The van der Waals surface area contributed by atoms with Crippen LogP contribution in [0.15, 0.2) is 53.6 Å². The number of hydrogen-bond acceptors (Lipinski definition) is 5. The normalized spacial score (nSPS) is 13.7. The number of halogens is 3. The fourth-order valence-corrected chi connectivity index (χ4v) is 4.28. The van der Waals surface area contributed by atoms with Crippen molar-refractivity contribution in [2.75, 3.05) is 11.9 Å². The number of benzene rings is 1. The summed E-state index contributed by atoms with van der Waals surface area (Å²) in [5, 5.41) is 0. The van der Waals surface area contributed by atoms with Crippen LogP contribution in [0.4, 0.5) is 19.0 Å². The van der Waals surface area contributed by atoms with Crippen LogP contribution >= 0.6 is 0 Å². The minimum Gasteiger partial charge on any atom is -0.357 e. The van der Waals surface area contributed by atoms with Gasteiger partial charge in [-0.2, -0.15) is 13.2 Å². The zero-order valence-corrected chi connectivity index (χ0v) is 22.3. The SMILES string of the molecule is CC(CCC(C)C(F)(F)F)c1ccc(Cn2c(=O)[nH]c3cnc(-c4cccnc4N(C)C(C)C)nc32)cc1. The number of aromatic nitrogens is 5. The second kappa shape index (κ2) is 11.0. The Morgan fingerprint density at radius 1 is 1.03 bits per heavy atom. The smallest absolute Gasteiger partial charge is 0.357 e. The van der Waals surface area contributed by atoms with Gasteiger partial charge in [0.25, 0.3) is 0 Å². The summed E-state index contributed by atoms with van der Waals surface area (Å²) in [7, 11) is 1.96. The fraction of sp³-hybridized carbons (Fsp3) is 0.429. The topological polar surface area (TPSA) is 79.7 Å². The van der Waals surface area contributed by atoms with E-state index >= 15 is 0 Å². The molecule has 38 heavy (non-hydrogen) atoms. The number of alkyl halides is 3. The minimum absolute atomic E-state index is 0.00221. The van der Waals surface area contributed by atoms with Crippen LogP contribution in [0.3, 0.4) is 0 Å². The molecule has 0 bridgehead atoms. The Morgan fingerprint density at radius 2 is 1.74 bits per heavy atom. The number of nitrogens with zero attached hydrogens (tertiary/aromatic N) is 5. The van der Waals surface area contributed by atoms with Gasteiger partial charge in [0.05, 0.1) is 24.2 Å². The molecular weight excluding hydrogens is 493 g/mol. The summed E-state index contributed by atoms with van der Waals surface area (Å²) in [6, 6.07) is 11.6. The predicted molar refractivity (Wildman–Crippen MR) is 143 cm³/mol. The van der Waals surface area contributed by atoms with Crippen LogP contribution in [0, 0.1) is 5.92 Å². The highest BCUT2D eigenvalue weighted by Gasteiger charge is 2.35. The van der Waals surface area contributed by atoms with Crippen molar-refractivity contribution in [1.29, 1.82) is 0 Å². The molecule has 202 valence electrons. The van der Waals surface area contributed by atoms with E-state index < -0.39 is 12.1 Å². The maximum absolute atomic E-state index is 12.8. The van der Waals surface area contributed by atoms with E-state index in [-0.39, 0.29) is 24.1 Å². The molecule has 0 fully saturated rings. The van der Waals surface area contributed by atoms with E-state index in [2.05, 4.69) is 28.8 Å². The molecule has 1 N–H and O–H groups in total. The Labute approximate surface area is 219 Å². The van der Waals surface area contributed by atoms with Gasteiger partial charge in [0.15, 0.2) is 11.5 Å². The van der Waals surface area contributed by atoms with E-state index in [1.54, 1.807) is 17.0 Å². The van der Waals surface area contributed by atoms with Crippen molar-refractivity contribution >= 4 is 17.0 Å². The van der Waals surface area contributed by atoms with Crippen LogP contribution in [-0.4, -0.2) is 43.8 Å². The molecule has 0 aliphatic carbocycles. The second-order valence-corrected chi connectivity index (χ2v) is 10.2. The number of hydrogen-bond donors (Lipinski definition) is 1. The first-order chi connectivity index (χ1) is 18.0. The number of pyridine rings is 1. The Morgan fingerprint density at radius 3 is 2.39 bits per heavy atom. The van der Waals surface area contributed by atoms with Gasteiger partial charge in [-0.15, -0.1) is 0 Å². The van der Waals surface area contributed by atoms with Gasteiger partial charge >= 0.3 is 11.9 Å². The molecule has 0 radical (unpaired) electrons. The zero-order valence-electron chi connectivity index (χ0n) is 22.3. The molecule has 3 heterocycles. The maximum Gasteiger partial charge on any atom is 0.391 e. The fourth-order valence-electron chi connectivity index (χ4n) is 4.28. The first-order valence-electron chi connectivity index (χ1n) is 12.7. The van der Waals surface area contributed by atoms with E-state index in [0.29, 0.717) is 30.0 Å². The predicted octanol–water partition coefficient (Wildman–Crippen LogP) is 6.16. The Bertz CT molecular complexity index is 1440. The van der Waals surface area contributed by atoms with Crippen molar-refractivity contribution in [2.24, 2.45) is 5.92 Å². The third kappa shape index (κ3) is 5.89. The lowest BCUT2D eigenvalue weighted by molar-refractivity contribution is -0.171. The highest BCUT2D eigenvalue weighted by atomic mass is 19.4. The Kier molecular flexibility index (Phi) is 7.89. The van der Waals surface area contributed by atoms with Gasteiger partial charge in [-0.1, -0.05) is 38.1 Å². The summed E-state index contributed by atoms with van der Waals surface area (Å²) in [5.41, 5.74) is 3.34. The molecule has 4 rings (SSSR count). The molecule has 0 saturated carbocycles. The first kappa shape index (κ1) is 27.3. The van der Waals surface area contributed by atoms with Gasteiger partial charge < -0.3 is 9.88 Å². The molecule has 2 atom stereocenters. The Hall–Kier alpha value is -3.69. The van der Waals surface area contributed by atoms with Crippen LogP contribution in [0.5, 0.6) is 0 Å². The summed E-state index contributed by atoms with van der Waals surface area (Å²) in [6.45, 7) is 7.59. The average Bonchev–Trinajstić information content (AvgIpc) is 3.20. The quantitative estimate of drug-likeness (QED) is 0.283. The molecule has 4 aromatic rings. The van der Waals surface area contributed by atoms with E-state index in [0.717, 1.165) is 22.5 Å². The molecule has 10 heteroatoms. The van der Waals surface area contributed by atoms with Crippen LogP contribution < -0.4 is 10.6 Å². The first-order valence-corrected chi connectivity index (χ1v) is 12.7. The molecular formula is C28H33F3N6O. The lowest BCUT2D eigenvalue weighted by Gasteiger charge is -2.24. The lowest BCUT2D eigenvalue weighted by atomic mass is 9.91. The molecule has 2 unspecified atom stereocenters. The number of imidazole rings is 1. The van der Waals surface area contributed by atoms with Crippen LogP contribution in [0.1, 0.15) is 57.6 Å². The van der Waals surface area contributed by atoms with Crippen LogP contribution in [0.25, 0.3) is 22.6 Å². The summed E-state index contributed by atoms with van der Waals surface area (Å²) in [5.74, 6) is -0.102. The van der Waals surface area contributed by atoms with Crippen LogP contribution in [-0.2, 0) is 6.54 Å². The highest BCUT2D eigenvalue weighted by molar-refractivity contribution is 5.76. The van der Waals surface area contributed by atoms with Crippen molar-refractivity contribution < 1.29 is 13.2 Å². The third-order valence-corrected chi connectivity index (χ3v) is 7.13. The summed E-state index contributed by atoms with van der Waals surface area (Å²) in [6.07, 6.45) is -0.296. The molecule has 0 amide bonds. The summed E-state index contributed by atoms with van der Waals surface area (Å²) in [4.78, 5) is 31.4. The number of anilines is 1. The third-order valence-electron chi connectivity index (χ3n) is 7.13. The molecule has 0 aliphatic heterocycles. The molecule has 0 saturated heterocycles. The Balaban J connectivity index is 1.57. The van der Waals surface area contributed by atoms with Gasteiger partial charge in [-0.25, -0.2) is 19.7 Å². The van der Waals surface area contributed by atoms with Crippen molar-refractivity contribution in [3.05, 3.63) is 70.4 Å². The number of rotatable bonds is 9. The van der Waals surface area contributed by atoms with Gasteiger partial charge in [-0.3, -0.25) is 4.57 Å². The molecule has 0 aliphatic rings. The maximum atomic E-state index is 12.8. The summed E-state index contributed by atoms with van der Waals surface area (Å²) < 4.78 is 40.1. The standard InChI is InChI=1S/C28H33F3N6O/c1-17(2)36(5)25-22(7-6-14-32-25)24-33-15-23-26(35-24)37(27(38)34-23)16-20-10-12-21(13-11-20)18(3)8-9-19(4)28(29,30)31/h6-7,10-15,17-19H,8-9,16H2,1-5H3,(H,34,38). The molecule has 1 aromatic carbocycles. The van der Waals surface area contributed by atoms with E-state index in [9.17, 15) is 18.0 Å². The second-order valence-electron chi connectivity index (χ2n) is 10.2. The number of aromatic amines is 1. The van der Waals surface area contributed by atoms with E-state index in [1.165, 1.54) is 6.92 Å². The monoisotopic (exact) mass is 526 g/mol.